The highest BCUT2D eigenvalue weighted by atomic mass is 16.5. The quantitative estimate of drug-likeness (QED) is 0.780. The minimum atomic E-state index is -1.00. The summed E-state index contributed by atoms with van der Waals surface area (Å²) in [6, 6.07) is 6.87. The van der Waals surface area contributed by atoms with Crippen LogP contribution in [-0.4, -0.2) is 17.8 Å². The molecule has 0 saturated carbocycles. The Morgan fingerprint density at radius 2 is 1.89 bits per heavy atom. The van der Waals surface area contributed by atoms with E-state index in [1.807, 2.05) is 0 Å². The second-order valence-corrected chi connectivity index (χ2v) is 4.20. The Morgan fingerprint density at radius 1 is 1.21 bits per heavy atom. The normalized spacial score (nSPS) is 17.3. The molecule has 2 amide bonds. The van der Waals surface area contributed by atoms with Gasteiger partial charge in [0.05, 0.1) is 5.69 Å². The number of ether oxygens (including phenoxy) is 1. The molecule has 19 heavy (non-hydrogen) atoms. The highest BCUT2D eigenvalue weighted by Gasteiger charge is 2.42. The number of carbonyl (C=O) groups excluding carboxylic acids is 3. The summed E-state index contributed by atoms with van der Waals surface area (Å²) < 4.78 is 5.14. The van der Waals surface area contributed by atoms with Crippen molar-refractivity contribution in [2.24, 2.45) is 0 Å². The number of benzene rings is 1. The topological polar surface area (TPSA) is 63.7 Å². The van der Waals surface area contributed by atoms with Crippen molar-refractivity contribution in [1.29, 1.82) is 0 Å². The molecular formula is C14H15NO4. The summed E-state index contributed by atoms with van der Waals surface area (Å²) in [5.41, 5.74) is 1.07. The van der Waals surface area contributed by atoms with E-state index in [0.717, 1.165) is 4.90 Å². The molecule has 0 aliphatic carbocycles. The van der Waals surface area contributed by atoms with Gasteiger partial charge in [-0.1, -0.05) is 32.0 Å². The van der Waals surface area contributed by atoms with Crippen LogP contribution in [0.5, 0.6) is 0 Å². The van der Waals surface area contributed by atoms with Crippen LogP contribution in [0.2, 0.25) is 0 Å². The average Bonchev–Trinajstić information content (AvgIpc) is 2.71. The lowest BCUT2D eigenvalue weighted by atomic mass is 10.1. The van der Waals surface area contributed by atoms with E-state index in [9.17, 15) is 14.4 Å². The number of hydrogen-bond acceptors (Lipinski definition) is 4. The van der Waals surface area contributed by atoms with Crippen molar-refractivity contribution in [2.45, 2.75) is 32.8 Å². The standard InChI is InChI=1S/C14H15NO4/c1-3-11(16)15-10-8-6-5-7-9(10)13(14(15)18)19-12(17)4-2/h5-8,13H,3-4H2,1-2H3. The van der Waals surface area contributed by atoms with Crippen LogP contribution in [0.3, 0.4) is 0 Å². The molecule has 0 aromatic heterocycles. The summed E-state index contributed by atoms with van der Waals surface area (Å²) in [4.78, 5) is 36.6. The summed E-state index contributed by atoms with van der Waals surface area (Å²) in [6.45, 7) is 3.34. The third kappa shape index (κ3) is 2.23. The molecule has 0 saturated heterocycles. The summed E-state index contributed by atoms with van der Waals surface area (Å²) in [5.74, 6) is -1.25. The number of rotatable bonds is 3. The van der Waals surface area contributed by atoms with Crippen molar-refractivity contribution in [3.63, 3.8) is 0 Å². The van der Waals surface area contributed by atoms with Gasteiger partial charge in [0.15, 0.2) is 0 Å². The maximum Gasteiger partial charge on any atom is 0.306 e. The Hall–Kier alpha value is -2.17. The fourth-order valence-electron chi connectivity index (χ4n) is 2.03. The molecule has 1 atom stereocenters. The highest BCUT2D eigenvalue weighted by molar-refractivity contribution is 6.20. The van der Waals surface area contributed by atoms with E-state index in [2.05, 4.69) is 0 Å². The zero-order chi connectivity index (χ0) is 14.0. The van der Waals surface area contributed by atoms with Crippen molar-refractivity contribution in [1.82, 2.24) is 0 Å². The largest absolute Gasteiger partial charge is 0.447 e. The monoisotopic (exact) mass is 261 g/mol. The third-order valence-electron chi connectivity index (χ3n) is 2.99. The van der Waals surface area contributed by atoms with Crippen LogP contribution in [0.4, 0.5) is 5.69 Å². The van der Waals surface area contributed by atoms with Gasteiger partial charge < -0.3 is 4.74 Å². The molecule has 0 bridgehead atoms. The van der Waals surface area contributed by atoms with Crippen LogP contribution in [0.1, 0.15) is 38.4 Å². The molecule has 100 valence electrons. The molecule has 2 rings (SSSR count). The van der Waals surface area contributed by atoms with Gasteiger partial charge >= 0.3 is 5.97 Å². The van der Waals surface area contributed by atoms with E-state index < -0.39 is 18.0 Å². The molecule has 0 N–H and O–H groups in total. The van der Waals surface area contributed by atoms with Gasteiger partial charge in [0.2, 0.25) is 12.0 Å². The summed E-state index contributed by atoms with van der Waals surface area (Å²) >= 11 is 0. The van der Waals surface area contributed by atoms with Gasteiger partial charge in [0.1, 0.15) is 0 Å². The molecule has 0 spiro atoms. The zero-order valence-corrected chi connectivity index (χ0v) is 10.9. The minimum absolute atomic E-state index is 0.188. The fourth-order valence-corrected chi connectivity index (χ4v) is 2.03. The minimum Gasteiger partial charge on any atom is -0.447 e. The molecular weight excluding hydrogens is 246 g/mol. The molecule has 5 heteroatoms. The van der Waals surface area contributed by atoms with Crippen LogP contribution in [0, 0.1) is 0 Å². The molecule has 1 unspecified atom stereocenters. The second-order valence-electron chi connectivity index (χ2n) is 4.20. The number of esters is 1. The molecule has 1 aliphatic rings. The Balaban J connectivity index is 2.40. The summed E-state index contributed by atoms with van der Waals surface area (Å²) in [5, 5.41) is 0. The number of para-hydroxylation sites is 1. The summed E-state index contributed by atoms with van der Waals surface area (Å²) in [7, 11) is 0. The van der Waals surface area contributed by atoms with Crippen molar-refractivity contribution in [3.05, 3.63) is 29.8 Å². The smallest absolute Gasteiger partial charge is 0.306 e. The van der Waals surface area contributed by atoms with Gasteiger partial charge in [0.25, 0.3) is 5.91 Å². The Kier molecular flexibility index (Phi) is 3.64. The first-order chi connectivity index (χ1) is 9.10. The van der Waals surface area contributed by atoms with Gasteiger partial charge in [-0.05, 0) is 6.07 Å². The molecule has 0 fully saturated rings. The SMILES string of the molecule is CCC(=O)OC1C(=O)N(C(=O)CC)c2ccccc21. The van der Waals surface area contributed by atoms with Gasteiger partial charge in [-0.3, -0.25) is 14.4 Å². The summed E-state index contributed by atoms with van der Waals surface area (Å²) in [6.07, 6.45) is -0.596. The number of imide groups is 1. The average molecular weight is 261 g/mol. The molecule has 1 aliphatic heterocycles. The lowest BCUT2D eigenvalue weighted by Crippen LogP contribution is -2.35. The van der Waals surface area contributed by atoms with Gasteiger partial charge in [-0.15, -0.1) is 0 Å². The molecule has 5 nitrogen and oxygen atoms in total. The molecule has 1 aromatic rings. The van der Waals surface area contributed by atoms with E-state index in [1.165, 1.54) is 0 Å². The number of amides is 2. The van der Waals surface area contributed by atoms with Gasteiger partial charge in [0, 0.05) is 18.4 Å². The number of hydrogen-bond donors (Lipinski definition) is 0. The van der Waals surface area contributed by atoms with Crippen LogP contribution >= 0.6 is 0 Å². The number of anilines is 1. The third-order valence-corrected chi connectivity index (χ3v) is 2.99. The van der Waals surface area contributed by atoms with Crippen LogP contribution < -0.4 is 4.90 Å². The van der Waals surface area contributed by atoms with Crippen molar-refractivity contribution < 1.29 is 19.1 Å². The van der Waals surface area contributed by atoms with E-state index in [0.29, 0.717) is 11.3 Å². The number of fused-ring (bicyclic) bond motifs is 1. The number of carbonyl (C=O) groups is 3. The predicted octanol–water partition coefficient (Wildman–Crippen LogP) is 1.96. The first kappa shape index (κ1) is 13.3. The Labute approximate surface area is 111 Å². The van der Waals surface area contributed by atoms with Crippen LogP contribution in [-0.2, 0) is 19.1 Å². The van der Waals surface area contributed by atoms with Gasteiger partial charge in [-0.2, -0.15) is 0 Å². The van der Waals surface area contributed by atoms with E-state index in [-0.39, 0.29) is 18.7 Å². The van der Waals surface area contributed by atoms with Crippen molar-refractivity contribution in [2.75, 3.05) is 4.90 Å². The van der Waals surface area contributed by atoms with Crippen LogP contribution in [0.15, 0.2) is 24.3 Å². The van der Waals surface area contributed by atoms with Crippen molar-refractivity contribution >= 4 is 23.5 Å². The highest BCUT2D eigenvalue weighted by Crippen LogP contribution is 2.38. The van der Waals surface area contributed by atoms with E-state index in [4.69, 9.17) is 4.74 Å². The Bertz CT molecular complexity index is 538. The molecule has 0 radical (unpaired) electrons. The molecule has 1 heterocycles. The first-order valence-electron chi connectivity index (χ1n) is 6.25. The first-order valence-corrected chi connectivity index (χ1v) is 6.25. The lowest BCUT2D eigenvalue weighted by molar-refractivity contribution is -0.155. The van der Waals surface area contributed by atoms with Crippen LogP contribution in [0.25, 0.3) is 0 Å². The zero-order valence-electron chi connectivity index (χ0n) is 10.9. The maximum atomic E-state index is 12.2. The van der Waals surface area contributed by atoms with Gasteiger partial charge in [-0.25, -0.2) is 4.90 Å². The van der Waals surface area contributed by atoms with Crippen molar-refractivity contribution in [3.8, 4) is 0 Å². The lowest BCUT2D eigenvalue weighted by Gasteiger charge is -2.14. The number of nitrogens with zero attached hydrogens (tertiary/aromatic N) is 1. The van der Waals surface area contributed by atoms with E-state index in [1.54, 1.807) is 38.1 Å². The molecule has 1 aromatic carbocycles. The second kappa shape index (κ2) is 5.22. The predicted molar refractivity (Wildman–Crippen MR) is 68.4 cm³/mol. The maximum absolute atomic E-state index is 12.2. The Morgan fingerprint density at radius 3 is 2.53 bits per heavy atom. The van der Waals surface area contributed by atoms with E-state index >= 15 is 0 Å². The fraction of sp³-hybridized carbons (Fsp3) is 0.357.